The van der Waals surface area contributed by atoms with Crippen LogP contribution in [0.3, 0.4) is 0 Å². The van der Waals surface area contributed by atoms with Crippen molar-refractivity contribution in [2.45, 2.75) is 25.8 Å². The molecule has 0 spiro atoms. The number of hydrogen-bond acceptors (Lipinski definition) is 4. The first-order chi connectivity index (χ1) is 9.75. The van der Waals surface area contributed by atoms with Crippen LogP contribution in [0.25, 0.3) is 0 Å². The number of hydrogen-bond donors (Lipinski definition) is 0. The molecule has 0 saturated carbocycles. The Labute approximate surface area is 117 Å². The second kappa shape index (κ2) is 5.36. The predicted molar refractivity (Wildman–Crippen MR) is 74.0 cm³/mol. The summed E-state index contributed by atoms with van der Waals surface area (Å²) in [5.74, 6) is -0.0446. The van der Waals surface area contributed by atoms with E-state index in [2.05, 4.69) is 15.0 Å². The van der Waals surface area contributed by atoms with Crippen molar-refractivity contribution in [3.63, 3.8) is 0 Å². The van der Waals surface area contributed by atoms with E-state index < -0.39 is 0 Å². The Morgan fingerprint density at radius 3 is 2.75 bits per heavy atom. The summed E-state index contributed by atoms with van der Waals surface area (Å²) in [7, 11) is 0. The smallest absolute Gasteiger partial charge is 0.274 e. The Kier molecular flexibility index (Phi) is 3.41. The van der Waals surface area contributed by atoms with Crippen molar-refractivity contribution in [3.8, 4) is 0 Å². The Morgan fingerprint density at radius 2 is 2.05 bits per heavy atom. The molecule has 1 amide bonds. The van der Waals surface area contributed by atoms with E-state index >= 15 is 0 Å². The second-order valence-corrected chi connectivity index (χ2v) is 4.98. The number of rotatable bonds is 2. The zero-order chi connectivity index (χ0) is 13.9. The standard InChI is InChI=1S/C15H16N4O/c1-11-9-18-13(10-17-11)15(20)19-8-2-3-14(19)12-4-6-16-7-5-12/h4-7,9-10,14H,2-3,8H2,1H3/t14-/m1/s1. The van der Waals surface area contributed by atoms with Gasteiger partial charge in [-0.1, -0.05) is 0 Å². The maximum absolute atomic E-state index is 12.5. The van der Waals surface area contributed by atoms with Gasteiger partial charge in [0.1, 0.15) is 5.69 Å². The highest BCUT2D eigenvalue weighted by Crippen LogP contribution is 2.32. The molecule has 5 heteroatoms. The van der Waals surface area contributed by atoms with E-state index in [9.17, 15) is 4.79 Å². The monoisotopic (exact) mass is 268 g/mol. The molecule has 0 bridgehead atoms. The molecule has 2 aromatic heterocycles. The normalized spacial score (nSPS) is 18.2. The van der Waals surface area contributed by atoms with Crippen molar-refractivity contribution in [2.75, 3.05) is 6.54 Å². The number of aryl methyl sites for hydroxylation is 1. The lowest BCUT2D eigenvalue weighted by molar-refractivity contribution is 0.0729. The minimum Gasteiger partial charge on any atom is -0.330 e. The molecule has 3 heterocycles. The molecule has 102 valence electrons. The lowest BCUT2D eigenvalue weighted by Gasteiger charge is -2.24. The van der Waals surface area contributed by atoms with E-state index in [-0.39, 0.29) is 11.9 Å². The number of carbonyl (C=O) groups is 1. The summed E-state index contributed by atoms with van der Waals surface area (Å²) in [5.41, 5.74) is 2.36. The highest BCUT2D eigenvalue weighted by atomic mass is 16.2. The highest BCUT2D eigenvalue weighted by Gasteiger charge is 2.31. The number of aromatic nitrogens is 3. The molecule has 20 heavy (non-hydrogen) atoms. The largest absolute Gasteiger partial charge is 0.330 e. The van der Waals surface area contributed by atoms with Crippen LogP contribution in [0, 0.1) is 6.92 Å². The lowest BCUT2D eigenvalue weighted by atomic mass is 10.1. The third-order valence-electron chi connectivity index (χ3n) is 3.60. The van der Waals surface area contributed by atoms with E-state index in [0.717, 1.165) is 30.6 Å². The molecule has 1 saturated heterocycles. The first-order valence-corrected chi connectivity index (χ1v) is 6.75. The Balaban J connectivity index is 1.85. The molecule has 5 nitrogen and oxygen atoms in total. The molecule has 0 aliphatic carbocycles. The summed E-state index contributed by atoms with van der Waals surface area (Å²) < 4.78 is 0. The van der Waals surface area contributed by atoms with Crippen molar-refractivity contribution >= 4 is 5.91 Å². The van der Waals surface area contributed by atoms with Crippen molar-refractivity contribution in [1.82, 2.24) is 19.9 Å². The van der Waals surface area contributed by atoms with Crippen LogP contribution in [0.15, 0.2) is 36.9 Å². The van der Waals surface area contributed by atoms with E-state index in [0.29, 0.717) is 5.69 Å². The maximum Gasteiger partial charge on any atom is 0.274 e. The van der Waals surface area contributed by atoms with Gasteiger partial charge in [0.25, 0.3) is 5.91 Å². The molecule has 1 atom stereocenters. The van der Waals surface area contributed by atoms with E-state index in [4.69, 9.17) is 0 Å². The fourth-order valence-corrected chi connectivity index (χ4v) is 2.59. The van der Waals surface area contributed by atoms with Crippen LogP contribution in [0.1, 0.15) is 40.6 Å². The zero-order valence-corrected chi connectivity index (χ0v) is 11.4. The van der Waals surface area contributed by atoms with Crippen LogP contribution in [-0.4, -0.2) is 32.3 Å². The zero-order valence-electron chi connectivity index (χ0n) is 11.4. The fourth-order valence-electron chi connectivity index (χ4n) is 2.59. The molecule has 1 aliphatic heterocycles. The number of carbonyl (C=O) groups excluding carboxylic acids is 1. The van der Waals surface area contributed by atoms with Crippen LogP contribution >= 0.6 is 0 Å². The van der Waals surface area contributed by atoms with E-state index in [1.165, 1.54) is 0 Å². The average Bonchev–Trinajstić information content (AvgIpc) is 2.97. The molecule has 0 unspecified atom stereocenters. The summed E-state index contributed by atoms with van der Waals surface area (Å²) in [6.45, 7) is 2.62. The number of likely N-dealkylation sites (tertiary alicyclic amines) is 1. The van der Waals surface area contributed by atoms with Gasteiger partial charge in [0.15, 0.2) is 0 Å². The topological polar surface area (TPSA) is 59.0 Å². The third-order valence-corrected chi connectivity index (χ3v) is 3.60. The van der Waals surface area contributed by atoms with Crippen LogP contribution in [0.4, 0.5) is 0 Å². The first kappa shape index (κ1) is 12.7. The molecule has 3 rings (SSSR count). The average molecular weight is 268 g/mol. The van der Waals surface area contributed by atoms with Gasteiger partial charge in [-0.05, 0) is 37.5 Å². The minimum atomic E-state index is -0.0446. The summed E-state index contributed by atoms with van der Waals surface area (Å²) in [6, 6.07) is 4.06. The predicted octanol–water partition coefficient (Wildman–Crippen LogP) is 2.16. The van der Waals surface area contributed by atoms with Gasteiger partial charge >= 0.3 is 0 Å². The fraction of sp³-hybridized carbons (Fsp3) is 0.333. The Morgan fingerprint density at radius 1 is 1.25 bits per heavy atom. The van der Waals surface area contributed by atoms with Gasteiger partial charge in [0.05, 0.1) is 17.9 Å². The van der Waals surface area contributed by atoms with Gasteiger partial charge in [-0.2, -0.15) is 0 Å². The molecule has 0 radical (unpaired) electrons. The molecule has 0 N–H and O–H groups in total. The van der Waals surface area contributed by atoms with Gasteiger partial charge in [-0.25, -0.2) is 4.98 Å². The van der Waals surface area contributed by atoms with Crippen molar-refractivity contribution in [3.05, 3.63) is 53.9 Å². The SMILES string of the molecule is Cc1cnc(C(=O)N2CCC[C@@H]2c2ccncc2)cn1. The van der Waals surface area contributed by atoms with Crippen LogP contribution in [-0.2, 0) is 0 Å². The highest BCUT2D eigenvalue weighted by molar-refractivity contribution is 5.92. The van der Waals surface area contributed by atoms with Crippen LogP contribution in [0.2, 0.25) is 0 Å². The summed E-state index contributed by atoms with van der Waals surface area (Å²) >= 11 is 0. The molecule has 1 fully saturated rings. The van der Waals surface area contributed by atoms with Gasteiger partial charge in [0.2, 0.25) is 0 Å². The molecule has 0 aromatic carbocycles. The second-order valence-electron chi connectivity index (χ2n) is 4.98. The van der Waals surface area contributed by atoms with Gasteiger partial charge in [-0.3, -0.25) is 14.8 Å². The van der Waals surface area contributed by atoms with E-state index in [1.54, 1.807) is 24.8 Å². The van der Waals surface area contributed by atoms with Crippen molar-refractivity contribution in [1.29, 1.82) is 0 Å². The van der Waals surface area contributed by atoms with Crippen molar-refractivity contribution in [2.24, 2.45) is 0 Å². The van der Waals surface area contributed by atoms with Crippen molar-refractivity contribution < 1.29 is 4.79 Å². The first-order valence-electron chi connectivity index (χ1n) is 6.75. The minimum absolute atomic E-state index is 0.0446. The lowest BCUT2D eigenvalue weighted by Crippen LogP contribution is -2.31. The van der Waals surface area contributed by atoms with Crippen LogP contribution in [0.5, 0.6) is 0 Å². The number of nitrogens with zero attached hydrogens (tertiary/aromatic N) is 4. The third kappa shape index (κ3) is 2.39. The molecular formula is C15H16N4O. The quantitative estimate of drug-likeness (QED) is 0.837. The molecule has 1 aliphatic rings. The molecular weight excluding hydrogens is 252 g/mol. The van der Waals surface area contributed by atoms with E-state index in [1.807, 2.05) is 24.0 Å². The van der Waals surface area contributed by atoms with Crippen LogP contribution < -0.4 is 0 Å². The Hall–Kier alpha value is -2.30. The summed E-state index contributed by atoms with van der Waals surface area (Å²) in [5, 5.41) is 0. The Bertz CT molecular complexity index is 597. The van der Waals surface area contributed by atoms with Gasteiger partial charge < -0.3 is 4.90 Å². The number of amides is 1. The number of pyridine rings is 1. The maximum atomic E-state index is 12.5. The summed E-state index contributed by atoms with van der Waals surface area (Å²) in [4.78, 5) is 26.8. The summed E-state index contributed by atoms with van der Waals surface area (Å²) in [6.07, 6.45) is 8.71. The molecule has 2 aromatic rings. The van der Waals surface area contributed by atoms with Gasteiger partial charge in [-0.15, -0.1) is 0 Å². The van der Waals surface area contributed by atoms with Gasteiger partial charge in [0, 0.05) is 25.1 Å².